The molecule has 1 rings (SSSR count). The van der Waals surface area contributed by atoms with Crippen molar-refractivity contribution in [3.63, 3.8) is 0 Å². The topological polar surface area (TPSA) is 32.3 Å². The van der Waals surface area contributed by atoms with Gasteiger partial charge in [0.1, 0.15) is 0 Å². The van der Waals surface area contributed by atoms with Crippen LogP contribution in [-0.4, -0.2) is 37.0 Å². The Morgan fingerprint density at radius 2 is 1.87 bits per heavy atom. The second kappa shape index (κ2) is 5.50. The van der Waals surface area contributed by atoms with Crippen LogP contribution in [0.25, 0.3) is 0 Å². The first-order valence-corrected chi connectivity index (χ1v) is 5.97. The number of amides is 1. The third kappa shape index (κ3) is 5.17. The van der Waals surface area contributed by atoms with Crippen LogP contribution in [0, 0.1) is 5.41 Å². The van der Waals surface area contributed by atoms with Crippen molar-refractivity contribution in [2.45, 2.75) is 40.0 Å². The third-order valence-electron chi connectivity index (χ3n) is 2.79. The minimum absolute atomic E-state index is 0.334. The van der Waals surface area contributed by atoms with Crippen LogP contribution in [0.1, 0.15) is 40.0 Å². The lowest BCUT2D eigenvalue weighted by atomic mass is 9.90. The van der Waals surface area contributed by atoms with Crippen LogP contribution < -0.4 is 5.32 Å². The molecule has 1 fully saturated rings. The monoisotopic (exact) mass is 212 g/mol. The first-order valence-electron chi connectivity index (χ1n) is 5.97. The molecule has 1 aliphatic rings. The molecule has 0 bridgehead atoms. The van der Waals surface area contributed by atoms with Crippen LogP contribution in [0.3, 0.4) is 0 Å². The van der Waals surface area contributed by atoms with Gasteiger partial charge in [0.2, 0.25) is 5.91 Å². The van der Waals surface area contributed by atoms with Gasteiger partial charge in [-0.3, -0.25) is 4.79 Å². The summed E-state index contributed by atoms with van der Waals surface area (Å²) in [7, 11) is 0. The smallest absolute Gasteiger partial charge is 0.222 e. The molecule has 0 unspecified atom stereocenters. The van der Waals surface area contributed by atoms with Crippen LogP contribution in [-0.2, 0) is 4.79 Å². The van der Waals surface area contributed by atoms with E-state index in [1.165, 1.54) is 0 Å². The van der Waals surface area contributed by atoms with E-state index in [1.807, 2.05) is 4.90 Å². The fourth-order valence-electron chi connectivity index (χ4n) is 1.84. The van der Waals surface area contributed by atoms with Gasteiger partial charge in [0.25, 0.3) is 0 Å². The highest BCUT2D eigenvalue weighted by molar-refractivity contribution is 5.76. The number of carbonyl (C=O) groups excluding carboxylic acids is 1. The number of rotatable bonds is 3. The lowest BCUT2D eigenvalue weighted by Gasteiger charge is -2.28. The molecule has 1 saturated heterocycles. The SMILES string of the molecule is CC(C)(C)CCCC(=O)N1CCNCC1. The van der Waals surface area contributed by atoms with Crippen molar-refractivity contribution in [2.75, 3.05) is 26.2 Å². The molecule has 0 spiro atoms. The summed E-state index contributed by atoms with van der Waals surface area (Å²) in [5, 5.41) is 3.26. The quantitative estimate of drug-likeness (QED) is 0.771. The van der Waals surface area contributed by atoms with Crippen molar-refractivity contribution < 1.29 is 4.79 Å². The molecule has 88 valence electrons. The van der Waals surface area contributed by atoms with Crippen LogP contribution in [0.15, 0.2) is 0 Å². The highest BCUT2D eigenvalue weighted by atomic mass is 16.2. The van der Waals surface area contributed by atoms with E-state index in [2.05, 4.69) is 26.1 Å². The predicted molar refractivity (Wildman–Crippen MR) is 62.8 cm³/mol. The van der Waals surface area contributed by atoms with E-state index in [4.69, 9.17) is 0 Å². The van der Waals surface area contributed by atoms with Gasteiger partial charge in [-0.15, -0.1) is 0 Å². The summed E-state index contributed by atoms with van der Waals surface area (Å²) in [6.07, 6.45) is 2.87. The molecule has 0 aromatic heterocycles. The molecule has 3 nitrogen and oxygen atoms in total. The van der Waals surface area contributed by atoms with Crippen LogP contribution >= 0.6 is 0 Å². The van der Waals surface area contributed by atoms with Gasteiger partial charge in [0.15, 0.2) is 0 Å². The number of nitrogens with one attached hydrogen (secondary N) is 1. The Labute approximate surface area is 93.2 Å². The Morgan fingerprint density at radius 1 is 1.27 bits per heavy atom. The average Bonchev–Trinajstić information content (AvgIpc) is 2.17. The zero-order valence-electron chi connectivity index (χ0n) is 10.3. The lowest BCUT2D eigenvalue weighted by Crippen LogP contribution is -2.46. The summed E-state index contributed by atoms with van der Waals surface area (Å²) in [5.74, 6) is 0.334. The van der Waals surface area contributed by atoms with Crippen molar-refractivity contribution in [1.82, 2.24) is 10.2 Å². The predicted octanol–water partition coefficient (Wildman–Crippen LogP) is 1.63. The van der Waals surface area contributed by atoms with Gasteiger partial charge in [-0.25, -0.2) is 0 Å². The number of piperazine rings is 1. The zero-order valence-corrected chi connectivity index (χ0v) is 10.3. The Morgan fingerprint density at radius 3 is 2.40 bits per heavy atom. The largest absolute Gasteiger partial charge is 0.340 e. The molecule has 0 atom stereocenters. The van der Waals surface area contributed by atoms with Crippen LogP contribution in [0.5, 0.6) is 0 Å². The number of hydrogen-bond donors (Lipinski definition) is 1. The Hall–Kier alpha value is -0.570. The van der Waals surface area contributed by atoms with Gasteiger partial charge in [-0.1, -0.05) is 20.8 Å². The molecule has 1 N–H and O–H groups in total. The van der Waals surface area contributed by atoms with Gasteiger partial charge in [0.05, 0.1) is 0 Å². The summed E-state index contributed by atoms with van der Waals surface area (Å²) in [6, 6.07) is 0. The van der Waals surface area contributed by atoms with Crippen molar-refractivity contribution >= 4 is 5.91 Å². The summed E-state index contributed by atoms with van der Waals surface area (Å²) in [5.41, 5.74) is 0.351. The highest BCUT2D eigenvalue weighted by Crippen LogP contribution is 2.21. The minimum atomic E-state index is 0.334. The van der Waals surface area contributed by atoms with Crippen LogP contribution in [0.4, 0.5) is 0 Å². The standard InChI is InChI=1S/C12H24N2O/c1-12(2,3)6-4-5-11(15)14-9-7-13-8-10-14/h13H,4-10H2,1-3H3. The average molecular weight is 212 g/mol. The molecule has 0 aromatic carbocycles. The molecular formula is C12H24N2O. The van der Waals surface area contributed by atoms with Crippen molar-refractivity contribution in [3.05, 3.63) is 0 Å². The summed E-state index contributed by atoms with van der Waals surface area (Å²) in [4.78, 5) is 13.8. The van der Waals surface area contributed by atoms with E-state index in [1.54, 1.807) is 0 Å². The van der Waals surface area contributed by atoms with E-state index in [-0.39, 0.29) is 0 Å². The summed E-state index contributed by atoms with van der Waals surface area (Å²) < 4.78 is 0. The van der Waals surface area contributed by atoms with E-state index < -0.39 is 0 Å². The summed E-state index contributed by atoms with van der Waals surface area (Å²) >= 11 is 0. The van der Waals surface area contributed by atoms with Gasteiger partial charge in [0, 0.05) is 32.6 Å². The van der Waals surface area contributed by atoms with E-state index in [0.717, 1.165) is 45.4 Å². The molecule has 1 heterocycles. The van der Waals surface area contributed by atoms with Gasteiger partial charge in [-0.2, -0.15) is 0 Å². The first-order chi connectivity index (χ1) is 6.99. The second-order valence-corrected chi connectivity index (χ2v) is 5.55. The maximum atomic E-state index is 11.8. The number of nitrogens with zero attached hydrogens (tertiary/aromatic N) is 1. The molecule has 0 aromatic rings. The van der Waals surface area contributed by atoms with E-state index in [0.29, 0.717) is 11.3 Å². The molecular weight excluding hydrogens is 188 g/mol. The Balaban J connectivity index is 2.17. The number of hydrogen-bond acceptors (Lipinski definition) is 2. The van der Waals surface area contributed by atoms with Crippen LogP contribution in [0.2, 0.25) is 0 Å². The Kier molecular flexibility index (Phi) is 4.58. The van der Waals surface area contributed by atoms with Crippen molar-refractivity contribution in [1.29, 1.82) is 0 Å². The molecule has 3 heteroatoms. The van der Waals surface area contributed by atoms with E-state index in [9.17, 15) is 4.79 Å². The van der Waals surface area contributed by atoms with E-state index >= 15 is 0 Å². The van der Waals surface area contributed by atoms with Gasteiger partial charge >= 0.3 is 0 Å². The maximum Gasteiger partial charge on any atom is 0.222 e. The summed E-state index contributed by atoms with van der Waals surface area (Å²) in [6.45, 7) is 10.3. The van der Waals surface area contributed by atoms with Crippen molar-refractivity contribution in [3.8, 4) is 0 Å². The van der Waals surface area contributed by atoms with Gasteiger partial charge < -0.3 is 10.2 Å². The van der Waals surface area contributed by atoms with Crippen molar-refractivity contribution in [2.24, 2.45) is 5.41 Å². The molecule has 1 aliphatic heterocycles. The lowest BCUT2D eigenvalue weighted by molar-refractivity contribution is -0.131. The normalized spacial score (nSPS) is 17.9. The zero-order chi connectivity index (χ0) is 11.3. The molecule has 0 radical (unpaired) electrons. The Bertz CT molecular complexity index is 202. The molecule has 1 amide bonds. The minimum Gasteiger partial charge on any atom is -0.340 e. The first kappa shape index (κ1) is 12.5. The second-order valence-electron chi connectivity index (χ2n) is 5.55. The maximum absolute atomic E-state index is 11.8. The molecule has 15 heavy (non-hydrogen) atoms. The molecule has 0 aliphatic carbocycles. The van der Waals surface area contributed by atoms with Gasteiger partial charge in [-0.05, 0) is 18.3 Å². The highest BCUT2D eigenvalue weighted by Gasteiger charge is 2.17. The third-order valence-corrected chi connectivity index (χ3v) is 2.79. The fourth-order valence-corrected chi connectivity index (χ4v) is 1.84. The number of carbonyl (C=O) groups is 1. The fraction of sp³-hybridized carbons (Fsp3) is 0.917. The molecule has 0 saturated carbocycles.